The van der Waals surface area contributed by atoms with E-state index in [9.17, 15) is 37.4 Å². The van der Waals surface area contributed by atoms with Gasteiger partial charge in [0.05, 0.1) is 24.9 Å². The molecule has 3 aromatic rings. The molecule has 1 aromatic heterocycles. The summed E-state index contributed by atoms with van der Waals surface area (Å²) in [6.07, 6.45) is -4.21. The molecule has 2 heterocycles. The molecule has 0 spiro atoms. The van der Waals surface area contributed by atoms with Gasteiger partial charge in [0.15, 0.2) is 11.5 Å². The fourth-order valence-corrected chi connectivity index (χ4v) is 4.68. The molecule has 2 atom stereocenters. The van der Waals surface area contributed by atoms with Crippen molar-refractivity contribution in [2.24, 2.45) is 5.73 Å². The second kappa shape index (κ2) is 10.9. The molecule has 0 bridgehead atoms. The third kappa shape index (κ3) is 5.62. The van der Waals surface area contributed by atoms with Crippen LogP contribution >= 0.6 is 0 Å². The molecule has 14 heteroatoms. The van der Waals surface area contributed by atoms with Crippen molar-refractivity contribution in [2.75, 3.05) is 26.9 Å². The summed E-state index contributed by atoms with van der Waals surface area (Å²) >= 11 is 0. The highest BCUT2D eigenvalue weighted by Gasteiger charge is 2.57. The smallest absolute Gasteiger partial charge is 0.424 e. The van der Waals surface area contributed by atoms with Gasteiger partial charge in [-0.1, -0.05) is 0 Å². The number of rotatable bonds is 10. The number of hydrogen-bond donors (Lipinski definition) is 4. The number of fused-ring (bicyclic) bond motifs is 1. The van der Waals surface area contributed by atoms with Gasteiger partial charge in [0.2, 0.25) is 11.5 Å². The van der Waals surface area contributed by atoms with Gasteiger partial charge in [-0.3, -0.25) is 9.59 Å². The molecule has 2 aromatic carbocycles. The second-order valence-electron chi connectivity index (χ2n) is 11.1. The highest BCUT2D eigenvalue weighted by atomic mass is 19.4. The highest BCUT2D eigenvalue weighted by molar-refractivity contribution is 5.95. The SMILES string of the molecule is COc1cc(C(=O)NC[C@](O)(c2cc3c(c(-c4ccc(F)cc4)n2)OC[C@]3(C)C(N)=O)C(F)(F)F)ccc1OCC1(O)CC1. The zero-order chi connectivity index (χ0) is 32.1. The number of hydrogen-bond acceptors (Lipinski definition) is 8. The number of aliphatic hydroxyl groups is 2. The molecule has 1 aliphatic carbocycles. The largest absolute Gasteiger partial charge is 0.493 e. The number of benzene rings is 2. The van der Waals surface area contributed by atoms with E-state index in [1.165, 1.54) is 44.4 Å². The van der Waals surface area contributed by atoms with Crippen LogP contribution in [0.4, 0.5) is 17.6 Å². The number of primary amides is 1. The number of carbonyl (C=O) groups excluding carboxylic acids is 2. The highest BCUT2D eigenvalue weighted by Crippen LogP contribution is 2.47. The molecule has 44 heavy (non-hydrogen) atoms. The van der Waals surface area contributed by atoms with Crippen molar-refractivity contribution >= 4 is 11.8 Å². The van der Waals surface area contributed by atoms with Crippen molar-refractivity contribution in [1.29, 1.82) is 0 Å². The van der Waals surface area contributed by atoms with Crippen LogP contribution in [0, 0.1) is 5.82 Å². The normalized spacial score (nSPS) is 19.7. The van der Waals surface area contributed by atoms with Crippen LogP contribution in [0.5, 0.6) is 17.2 Å². The van der Waals surface area contributed by atoms with Gasteiger partial charge in [0.25, 0.3) is 5.91 Å². The lowest BCUT2D eigenvalue weighted by Gasteiger charge is -2.31. The standard InChI is InChI=1S/C30H29F4N3O7/c1-27(26(35)39)14-44-24-19(27)12-22(37-23(24)16-3-6-18(31)7-4-16)29(41,30(32,33)34)13-36-25(38)17-5-8-20(21(11-17)42-2)43-15-28(40)9-10-28/h3-8,11-12,40-41H,9-10,13-15H2,1-2H3,(H2,35,39)(H,36,38)/t27-,29-/m0/s1. The quantitative estimate of drug-likeness (QED) is 0.253. The summed E-state index contributed by atoms with van der Waals surface area (Å²) in [6, 6.07) is 9.41. The maximum absolute atomic E-state index is 14.6. The van der Waals surface area contributed by atoms with Crippen LogP contribution in [0.2, 0.25) is 0 Å². The summed E-state index contributed by atoms with van der Waals surface area (Å²) < 4.78 is 73.9. The number of pyridine rings is 1. The van der Waals surface area contributed by atoms with Crippen molar-refractivity contribution in [3.63, 3.8) is 0 Å². The van der Waals surface area contributed by atoms with E-state index in [1.807, 2.05) is 0 Å². The van der Waals surface area contributed by atoms with E-state index < -0.39 is 52.7 Å². The molecule has 0 saturated heterocycles. The van der Waals surface area contributed by atoms with E-state index in [1.54, 1.807) is 0 Å². The molecule has 2 aliphatic rings. The first-order chi connectivity index (χ1) is 20.6. The molecule has 2 amide bonds. The van der Waals surface area contributed by atoms with E-state index in [-0.39, 0.29) is 52.8 Å². The maximum atomic E-state index is 14.6. The number of nitrogens with two attached hydrogens (primary N) is 1. The molecule has 234 valence electrons. The Morgan fingerprint density at radius 1 is 1.11 bits per heavy atom. The van der Waals surface area contributed by atoms with Gasteiger partial charge in [-0.25, -0.2) is 9.37 Å². The fourth-order valence-electron chi connectivity index (χ4n) is 4.68. The van der Waals surface area contributed by atoms with Crippen LogP contribution in [0.1, 0.15) is 41.4 Å². The van der Waals surface area contributed by atoms with Crippen LogP contribution in [-0.4, -0.2) is 65.7 Å². The molecule has 1 saturated carbocycles. The van der Waals surface area contributed by atoms with Gasteiger partial charge in [-0.2, -0.15) is 13.2 Å². The zero-order valence-corrected chi connectivity index (χ0v) is 23.6. The molecular formula is C30H29F4N3O7. The Kier molecular flexibility index (Phi) is 7.70. The Balaban J connectivity index is 1.49. The Morgan fingerprint density at radius 3 is 2.39 bits per heavy atom. The lowest BCUT2D eigenvalue weighted by Crippen LogP contribution is -2.51. The summed E-state index contributed by atoms with van der Waals surface area (Å²) in [7, 11) is 1.31. The predicted octanol–water partition coefficient (Wildman–Crippen LogP) is 3.12. The van der Waals surface area contributed by atoms with E-state index in [0.717, 1.165) is 18.2 Å². The fraction of sp³-hybridized carbons (Fsp3) is 0.367. The average molecular weight is 620 g/mol. The number of alkyl halides is 3. The average Bonchev–Trinajstić information content (AvgIpc) is 3.63. The molecular weight excluding hydrogens is 590 g/mol. The van der Waals surface area contributed by atoms with Gasteiger partial charge in [0.1, 0.15) is 35.9 Å². The minimum absolute atomic E-state index is 0.00104. The number of amides is 2. The molecule has 5 rings (SSSR count). The molecule has 1 aliphatic heterocycles. The molecule has 5 N–H and O–H groups in total. The predicted molar refractivity (Wildman–Crippen MR) is 147 cm³/mol. The minimum Gasteiger partial charge on any atom is -0.493 e. The van der Waals surface area contributed by atoms with Gasteiger partial charge in [-0.05, 0) is 68.3 Å². The molecule has 0 unspecified atom stereocenters. The van der Waals surface area contributed by atoms with Gasteiger partial charge < -0.3 is 35.5 Å². The Labute approximate surface area is 248 Å². The summed E-state index contributed by atoms with van der Waals surface area (Å²) in [4.78, 5) is 29.4. The van der Waals surface area contributed by atoms with Crippen molar-refractivity contribution in [2.45, 2.75) is 42.6 Å². The van der Waals surface area contributed by atoms with Crippen molar-refractivity contribution in [3.05, 3.63) is 71.2 Å². The first kappa shape index (κ1) is 31.0. The molecule has 1 fully saturated rings. The van der Waals surface area contributed by atoms with Crippen molar-refractivity contribution in [1.82, 2.24) is 10.3 Å². The first-order valence-corrected chi connectivity index (χ1v) is 13.5. The van der Waals surface area contributed by atoms with Crippen molar-refractivity contribution < 1.29 is 51.6 Å². The number of carbonyl (C=O) groups is 2. The topological polar surface area (TPSA) is 153 Å². The van der Waals surface area contributed by atoms with E-state index in [2.05, 4.69) is 10.3 Å². The monoisotopic (exact) mass is 619 g/mol. The third-order valence-electron chi connectivity index (χ3n) is 7.88. The van der Waals surface area contributed by atoms with Crippen LogP contribution in [0.15, 0.2) is 48.5 Å². The summed E-state index contributed by atoms with van der Waals surface area (Å²) in [6.45, 7) is -0.300. The molecule has 0 radical (unpaired) electrons. The number of ether oxygens (including phenoxy) is 3. The van der Waals surface area contributed by atoms with Crippen molar-refractivity contribution in [3.8, 4) is 28.5 Å². The molecule has 10 nitrogen and oxygen atoms in total. The van der Waals surface area contributed by atoms with E-state index in [0.29, 0.717) is 12.8 Å². The number of methoxy groups -OCH3 is 1. The van der Waals surface area contributed by atoms with Gasteiger partial charge >= 0.3 is 6.18 Å². The summed E-state index contributed by atoms with van der Waals surface area (Å²) in [5.74, 6) is -2.22. The van der Waals surface area contributed by atoms with Crippen LogP contribution in [0.3, 0.4) is 0 Å². The zero-order valence-electron chi connectivity index (χ0n) is 23.6. The summed E-state index contributed by atoms with van der Waals surface area (Å²) in [5, 5.41) is 23.3. The summed E-state index contributed by atoms with van der Waals surface area (Å²) in [5.41, 5.74) is -1.81. The van der Waals surface area contributed by atoms with Gasteiger partial charge in [-0.15, -0.1) is 0 Å². The van der Waals surface area contributed by atoms with Crippen LogP contribution in [-0.2, 0) is 15.8 Å². The lowest BCUT2D eigenvalue weighted by molar-refractivity contribution is -0.265. The number of nitrogens with zero attached hydrogens (tertiary/aromatic N) is 1. The lowest BCUT2D eigenvalue weighted by atomic mass is 9.81. The Hall–Kier alpha value is -4.43. The van der Waals surface area contributed by atoms with Crippen LogP contribution in [0.25, 0.3) is 11.3 Å². The minimum atomic E-state index is -5.37. The Morgan fingerprint density at radius 2 is 1.80 bits per heavy atom. The number of nitrogens with one attached hydrogen (secondary N) is 1. The number of aromatic nitrogens is 1. The first-order valence-electron chi connectivity index (χ1n) is 13.5. The third-order valence-corrected chi connectivity index (χ3v) is 7.88. The van der Waals surface area contributed by atoms with Crippen LogP contribution < -0.4 is 25.3 Å². The Bertz CT molecular complexity index is 1610. The van der Waals surface area contributed by atoms with Gasteiger partial charge in [0, 0.05) is 16.7 Å². The van der Waals surface area contributed by atoms with E-state index >= 15 is 0 Å². The maximum Gasteiger partial charge on any atom is 0.424 e. The van der Waals surface area contributed by atoms with E-state index in [4.69, 9.17) is 19.9 Å². The second-order valence-corrected chi connectivity index (χ2v) is 11.1. The number of halogens is 4.